The van der Waals surface area contributed by atoms with Crippen molar-refractivity contribution in [1.29, 1.82) is 0 Å². The zero-order valence-corrected chi connectivity index (χ0v) is 14.9. The fourth-order valence-corrected chi connectivity index (χ4v) is 2.42. The number of benzene rings is 1. The topological polar surface area (TPSA) is 122 Å². The first-order valence-corrected chi connectivity index (χ1v) is 8.58. The monoisotopic (exact) mass is 365 g/mol. The normalized spacial score (nSPS) is 10.9. The van der Waals surface area contributed by atoms with Crippen LogP contribution in [0.5, 0.6) is 0 Å². The maximum Gasteiger partial charge on any atom is 0.391 e. The van der Waals surface area contributed by atoms with Crippen molar-refractivity contribution in [3.8, 4) is 11.3 Å². The Morgan fingerprint density at radius 2 is 2.07 bits per heavy atom. The molecule has 0 aliphatic carbocycles. The van der Waals surface area contributed by atoms with Crippen molar-refractivity contribution in [2.24, 2.45) is 10.2 Å². The minimum absolute atomic E-state index is 0.181. The number of nitrogens with one attached hydrogen (secondary N) is 4. The van der Waals surface area contributed by atoms with Gasteiger partial charge in [0.1, 0.15) is 5.69 Å². The number of H-pyrrole nitrogens is 2. The number of hydrogen-bond acceptors (Lipinski definition) is 6. The summed E-state index contributed by atoms with van der Waals surface area (Å²) in [5.74, 6) is 0.951. The molecule has 3 aromatic rings. The Labute approximate surface area is 156 Å². The first-order valence-electron chi connectivity index (χ1n) is 8.58. The summed E-state index contributed by atoms with van der Waals surface area (Å²) in [5, 5.41) is 20.5. The highest BCUT2D eigenvalue weighted by Gasteiger charge is 2.11. The second kappa shape index (κ2) is 9.18. The van der Waals surface area contributed by atoms with Crippen LogP contribution in [0.3, 0.4) is 0 Å². The fraction of sp³-hybridized carbons (Fsp3) is 0.222. The van der Waals surface area contributed by atoms with Gasteiger partial charge < -0.3 is 5.32 Å². The van der Waals surface area contributed by atoms with E-state index in [1.165, 1.54) is 0 Å². The van der Waals surface area contributed by atoms with E-state index in [9.17, 15) is 4.79 Å². The number of rotatable bonds is 8. The summed E-state index contributed by atoms with van der Waals surface area (Å²) in [6.07, 6.45) is 2.48. The molecule has 4 N–H and O–H groups in total. The lowest BCUT2D eigenvalue weighted by atomic mass is 10.1. The Morgan fingerprint density at radius 3 is 2.89 bits per heavy atom. The molecule has 2 heterocycles. The van der Waals surface area contributed by atoms with Gasteiger partial charge in [0.25, 0.3) is 11.7 Å². The molecule has 9 heteroatoms. The SMILES string of the molecule is CN=Nc1cc[nH+]c(NCCCNC(=O)c2cc(-c3ccccc3)n[nH]2)n1. The second-order valence-electron chi connectivity index (χ2n) is 5.67. The van der Waals surface area contributed by atoms with Crippen molar-refractivity contribution < 1.29 is 9.78 Å². The standard InChI is InChI=1S/C18H20N8O/c1-19-26-16-8-11-22-18(23-16)21-10-5-9-20-17(27)15-12-14(24-25-15)13-6-3-2-4-7-13/h2-4,6-8,11-12H,5,9-10H2,1H3,(H,20,27)(H,24,25)(H,21,22,23)/p+1. The lowest BCUT2D eigenvalue weighted by Crippen LogP contribution is -2.26. The van der Waals surface area contributed by atoms with Crippen LogP contribution in [-0.2, 0) is 0 Å². The molecule has 138 valence electrons. The molecule has 27 heavy (non-hydrogen) atoms. The molecule has 0 fully saturated rings. The fourth-order valence-electron chi connectivity index (χ4n) is 2.42. The average Bonchev–Trinajstić information content (AvgIpc) is 3.19. The lowest BCUT2D eigenvalue weighted by Gasteiger charge is -2.02. The zero-order chi connectivity index (χ0) is 18.9. The number of carbonyl (C=O) groups is 1. The van der Waals surface area contributed by atoms with Crippen LogP contribution in [0.15, 0.2) is 58.9 Å². The summed E-state index contributed by atoms with van der Waals surface area (Å²) in [5.41, 5.74) is 2.15. The molecule has 0 unspecified atom stereocenters. The lowest BCUT2D eigenvalue weighted by molar-refractivity contribution is -0.365. The van der Waals surface area contributed by atoms with Gasteiger partial charge in [0, 0.05) is 25.2 Å². The predicted octanol–water partition coefficient (Wildman–Crippen LogP) is 2.23. The number of carbonyl (C=O) groups excluding carboxylic acids is 1. The quantitative estimate of drug-likeness (QED) is 0.418. The van der Waals surface area contributed by atoms with E-state index in [2.05, 4.69) is 41.0 Å². The van der Waals surface area contributed by atoms with Gasteiger partial charge in [-0.1, -0.05) is 30.3 Å². The highest BCUT2D eigenvalue weighted by molar-refractivity contribution is 5.93. The summed E-state index contributed by atoms with van der Waals surface area (Å²) in [6.45, 7) is 1.18. The van der Waals surface area contributed by atoms with E-state index in [1.807, 2.05) is 30.3 Å². The van der Waals surface area contributed by atoms with E-state index < -0.39 is 0 Å². The van der Waals surface area contributed by atoms with Crippen LogP contribution >= 0.6 is 0 Å². The molecule has 0 aliphatic heterocycles. The Kier molecular flexibility index (Phi) is 6.18. The minimum Gasteiger partial charge on any atom is -0.351 e. The van der Waals surface area contributed by atoms with Gasteiger partial charge >= 0.3 is 5.95 Å². The van der Waals surface area contributed by atoms with Gasteiger partial charge in [0.2, 0.25) is 0 Å². The van der Waals surface area contributed by atoms with Crippen LogP contribution in [0.1, 0.15) is 16.9 Å². The third kappa shape index (κ3) is 5.18. The zero-order valence-electron chi connectivity index (χ0n) is 14.9. The molecule has 2 aromatic heterocycles. The molecule has 0 bridgehead atoms. The largest absolute Gasteiger partial charge is 0.391 e. The Balaban J connectivity index is 1.42. The molecule has 0 aliphatic rings. The number of nitrogens with zero attached hydrogens (tertiary/aromatic N) is 4. The molecule has 1 aromatic carbocycles. The van der Waals surface area contributed by atoms with Gasteiger partial charge in [-0.05, 0) is 17.5 Å². The second-order valence-corrected chi connectivity index (χ2v) is 5.67. The van der Waals surface area contributed by atoms with E-state index in [1.54, 1.807) is 25.4 Å². The number of aromatic nitrogens is 4. The molecule has 9 nitrogen and oxygen atoms in total. The molecular weight excluding hydrogens is 344 g/mol. The van der Waals surface area contributed by atoms with Crippen LogP contribution in [0, 0.1) is 0 Å². The van der Waals surface area contributed by atoms with Gasteiger partial charge in [-0.25, -0.2) is 4.98 Å². The number of hydrogen-bond donors (Lipinski definition) is 3. The molecular formula is C18H21N8O+. The Bertz CT molecular complexity index is 906. The molecule has 0 saturated carbocycles. The first kappa shape index (κ1) is 18.2. The van der Waals surface area contributed by atoms with Crippen LogP contribution in [-0.4, -0.2) is 41.2 Å². The maximum atomic E-state index is 12.2. The van der Waals surface area contributed by atoms with Crippen LogP contribution in [0.2, 0.25) is 0 Å². The van der Waals surface area contributed by atoms with Crippen molar-refractivity contribution >= 4 is 17.7 Å². The molecule has 1 amide bonds. The van der Waals surface area contributed by atoms with Crippen LogP contribution in [0.4, 0.5) is 11.8 Å². The van der Waals surface area contributed by atoms with E-state index in [4.69, 9.17) is 0 Å². The van der Waals surface area contributed by atoms with E-state index in [0.717, 1.165) is 17.7 Å². The van der Waals surface area contributed by atoms with Crippen LogP contribution in [0.25, 0.3) is 11.3 Å². The van der Waals surface area contributed by atoms with Gasteiger partial charge in [0.05, 0.1) is 18.4 Å². The van der Waals surface area contributed by atoms with Crippen molar-refractivity contribution in [3.63, 3.8) is 0 Å². The van der Waals surface area contributed by atoms with Crippen molar-refractivity contribution in [3.05, 3.63) is 54.4 Å². The highest BCUT2D eigenvalue weighted by Crippen LogP contribution is 2.16. The number of azo groups is 1. The molecule has 0 radical (unpaired) electrons. The third-order valence-corrected chi connectivity index (χ3v) is 3.70. The summed E-state index contributed by atoms with van der Waals surface area (Å²) in [7, 11) is 1.59. The smallest absolute Gasteiger partial charge is 0.351 e. The molecule has 0 saturated heterocycles. The Hall–Kier alpha value is -3.62. The van der Waals surface area contributed by atoms with Crippen molar-refractivity contribution in [2.75, 3.05) is 25.5 Å². The summed E-state index contributed by atoms with van der Waals surface area (Å²) < 4.78 is 0. The molecule has 3 rings (SSSR count). The van der Waals surface area contributed by atoms with Gasteiger partial charge in [-0.15, -0.1) is 5.11 Å². The number of aromatic amines is 2. The van der Waals surface area contributed by atoms with Gasteiger partial charge in [0.15, 0.2) is 0 Å². The third-order valence-electron chi connectivity index (χ3n) is 3.70. The highest BCUT2D eigenvalue weighted by atomic mass is 16.1. The summed E-state index contributed by atoms with van der Waals surface area (Å²) >= 11 is 0. The minimum atomic E-state index is -0.181. The predicted molar refractivity (Wildman–Crippen MR) is 101 cm³/mol. The van der Waals surface area contributed by atoms with Crippen molar-refractivity contribution in [1.82, 2.24) is 20.5 Å². The van der Waals surface area contributed by atoms with E-state index >= 15 is 0 Å². The average molecular weight is 365 g/mol. The van der Waals surface area contributed by atoms with Gasteiger partial charge in [-0.3, -0.25) is 15.2 Å². The van der Waals surface area contributed by atoms with E-state index in [-0.39, 0.29) is 5.91 Å². The van der Waals surface area contributed by atoms with Gasteiger partial charge in [-0.2, -0.15) is 10.2 Å². The summed E-state index contributed by atoms with van der Waals surface area (Å²) in [6, 6.07) is 13.2. The number of anilines is 1. The number of amides is 1. The molecule has 0 atom stereocenters. The summed E-state index contributed by atoms with van der Waals surface area (Å²) in [4.78, 5) is 19.4. The Morgan fingerprint density at radius 1 is 1.22 bits per heavy atom. The first-order chi connectivity index (χ1) is 13.3. The van der Waals surface area contributed by atoms with Crippen molar-refractivity contribution in [2.45, 2.75) is 6.42 Å². The van der Waals surface area contributed by atoms with E-state index in [0.29, 0.717) is 30.5 Å². The maximum absolute atomic E-state index is 12.2. The molecule has 0 spiro atoms. The van der Waals surface area contributed by atoms with Crippen LogP contribution < -0.4 is 15.6 Å².